The van der Waals surface area contributed by atoms with Gasteiger partial charge in [0.2, 0.25) is 0 Å². The van der Waals surface area contributed by atoms with Crippen molar-refractivity contribution in [2.24, 2.45) is 0 Å². The molecule has 0 aromatic heterocycles. The molecule has 2 atom stereocenters. The number of aryl methyl sites for hydroxylation is 4. The van der Waals surface area contributed by atoms with E-state index in [1.807, 2.05) is 0 Å². The Hall–Kier alpha value is -1.59. The van der Waals surface area contributed by atoms with Crippen LogP contribution in [-0.2, 0) is 4.12 Å². The third-order valence-corrected chi connectivity index (χ3v) is 13.9. The van der Waals surface area contributed by atoms with Gasteiger partial charge in [-0.1, -0.05) is 36.4 Å². The fourth-order valence-corrected chi connectivity index (χ4v) is 10.6. The Bertz CT molecular complexity index is 835. The lowest BCUT2D eigenvalue weighted by Crippen LogP contribution is -2.72. The molecule has 0 radical (unpaired) electrons. The van der Waals surface area contributed by atoms with Gasteiger partial charge in [-0.2, -0.15) is 26.3 Å². The van der Waals surface area contributed by atoms with Gasteiger partial charge in [0.15, 0.2) is 0 Å². The average molecular weight is 451 g/mol. The Kier molecular flexibility index (Phi) is 6.20. The second-order valence-corrected chi connectivity index (χ2v) is 15.0. The van der Waals surface area contributed by atoms with Crippen LogP contribution in [0, 0.1) is 27.7 Å². The van der Waals surface area contributed by atoms with Crippen LogP contribution in [0.25, 0.3) is 0 Å². The maximum Gasteiger partial charge on any atom is 0.392 e. The standard InChI is InChI=1S/C20H24F6OSi2/c1-13-7-9-17(11-15(13)3)28(5,19(21,22)23)27-29(6,20(24,25)26)18-10-8-14(2)16(4)12-18/h7-12H,1-6H3. The lowest BCUT2D eigenvalue weighted by atomic mass is 10.1. The summed E-state index contributed by atoms with van der Waals surface area (Å²) in [6.07, 6.45) is 0. The summed E-state index contributed by atoms with van der Waals surface area (Å²) in [6.45, 7) is 8.36. The lowest BCUT2D eigenvalue weighted by molar-refractivity contribution is -0.0783. The third kappa shape index (κ3) is 4.31. The van der Waals surface area contributed by atoms with Crippen LogP contribution in [0.5, 0.6) is 0 Å². The molecule has 2 aromatic rings. The Morgan fingerprint density at radius 2 is 0.897 bits per heavy atom. The first-order chi connectivity index (χ1) is 13.0. The Labute approximate surface area is 169 Å². The van der Waals surface area contributed by atoms with Crippen LogP contribution in [-0.4, -0.2) is 28.2 Å². The number of hydrogen-bond acceptors (Lipinski definition) is 1. The quantitative estimate of drug-likeness (QED) is 0.447. The van der Waals surface area contributed by atoms with E-state index in [1.54, 1.807) is 27.7 Å². The SMILES string of the molecule is Cc1ccc([Si](C)(O[Si](C)(c2ccc(C)c(C)c2)C(F)(F)F)C(F)(F)F)cc1C. The Morgan fingerprint density at radius 1 is 0.586 bits per heavy atom. The van der Waals surface area contributed by atoms with Crippen molar-refractivity contribution in [3.63, 3.8) is 0 Å². The lowest BCUT2D eigenvalue weighted by Gasteiger charge is -2.40. The summed E-state index contributed by atoms with van der Waals surface area (Å²) in [5.74, 6) is -9.82. The molecule has 29 heavy (non-hydrogen) atoms. The van der Waals surface area contributed by atoms with E-state index in [0.29, 0.717) is 11.1 Å². The fourth-order valence-electron chi connectivity index (χ4n) is 3.05. The minimum atomic E-state index is -5.00. The molecule has 0 fully saturated rings. The number of rotatable bonds is 4. The van der Waals surface area contributed by atoms with Gasteiger partial charge in [0, 0.05) is 0 Å². The molecule has 9 heteroatoms. The molecule has 0 aliphatic rings. The van der Waals surface area contributed by atoms with E-state index in [2.05, 4.69) is 0 Å². The molecule has 160 valence electrons. The van der Waals surface area contributed by atoms with Crippen LogP contribution in [0.2, 0.25) is 13.1 Å². The maximum absolute atomic E-state index is 14.2. The molecule has 2 rings (SSSR count). The van der Waals surface area contributed by atoms with Crippen molar-refractivity contribution in [1.82, 2.24) is 0 Å². The summed E-state index contributed by atoms with van der Waals surface area (Å²) in [4.78, 5) is 0. The van der Waals surface area contributed by atoms with Crippen molar-refractivity contribution >= 4 is 27.0 Å². The van der Waals surface area contributed by atoms with Gasteiger partial charge in [-0.05, 0) is 73.4 Å². The van der Waals surface area contributed by atoms with E-state index < -0.39 is 28.2 Å². The van der Waals surface area contributed by atoms with E-state index in [0.717, 1.165) is 24.2 Å². The van der Waals surface area contributed by atoms with Gasteiger partial charge >= 0.3 is 28.2 Å². The van der Waals surface area contributed by atoms with E-state index in [9.17, 15) is 26.3 Å². The summed E-state index contributed by atoms with van der Waals surface area (Å²) < 4.78 is 90.5. The van der Waals surface area contributed by atoms with Gasteiger partial charge in [-0.3, -0.25) is 0 Å². The van der Waals surface area contributed by atoms with Gasteiger partial charge in [0.1, 0.15) is 0 Å². The number of alkyl halides is 6. The zero-order chi connectivity index (χ0) is 22.4. The van der Waals surface area contributed by atoms with Crippen LogP contribution in [0.3, 0.4) is 0 Å². The van der Waals surface area contributed by atoms with Crippen molar-refractivity contribution in [2.45, 2.75) is 52.4 Å². The first-order valence-corrected chi connectivity index (χ1v) is 13.8. The van der Waals surface area contributed by atoms with Crippen molar-refractivity contribution < 1.29 is 30.5 Å². The number of hydrogen-bond donors (Lipinski definition) is 0. The minimum absolute atomic E-state index is 0.208. The highest BCUT2D eigenvalue weighted by molar-refractivity contribution is 6.99. The van der Waals surface area contributed by atoms with E-state index in [-0.39, 0.29) is 10.4 Å². The molecule has 0 aliphatic heterocycles. The first kappa shape index (κ1) is 23.7. The van der Waals surface area contributed by atoms with E-state index >= 15 is 0 Å². The number of halogens is 6. The second-order valence-electron chi connectivity index (χ2n) is 7.76. The van der Waals surface area contributed by atoms with Gasteiger partial charge in [0.25, 0.3) is 0 Å². The first-order valence-electron chi connectivity index (χ1n) is 9.02. The highest BCUT2D eigenvalue weighted by Crippen LogP contribution is 2.38. The molecule has 0 N–H and O–H groups in total. The molecule has 2 aromatic carbocycles. The molecule has 0 amide bonds. The third-order valence-electron chi connectivity index (χ3n) is 5.61. The smallest absolute Gasteiger partial charge is 0.392 e. The summed E-state index contributed by atoms with van der Waals surface area (Å²) in [7, 11) is -10.00. The second kappa shape index (κ2) is 7.59. The molecule has 0 saturated carbocycles. The largest absolute Gasteiger partial charge is 0.437 e. The number of benzene rings is 2. The van der Waals surface area contributed by atoms with Gasteiger partial charge in [-0.15, -0.1) is 0 Å². The predicted octanol–water partition coefficient (Wildman–Crippen LogP) is 5.40. The van der Waals surface area contributed by atoms with Crippen molar-refractivity contribution in [3.8, 4) is 0 Å². The highest BCUT2D eigenvalue weighted by Gasteiger charge is 2.67. The molecule has 0 spiro atoms. The summed E-state index contributed by atoms with van der Waals surface area (Å²) in [5, 5.41) is -0.417. The van der Waals surface area contributed by atoms with Crippen LogP contribution >= 0.6 is 0 Å². The van der Waals surface area contributed by atoms with E-state index in [1.165, 1.54) is 36.4 Å². The van der Waals surface area contributed by atoms with Gasteiger partial charge in [-0.25, -0.2) is 0 Å². The van der Waals surface area contributed by atoms with Crippen LogP contribution in [0.1, 0.15) is 22.3 Å². The summed E-state index contributed by atoms with van der Waals surface area (Å²) in [5.41, 5.74) is 2.68. The Morgan fingerprint density at radius 3 is 1.14 bits per heavy atom. The molecule has 1 nitrogen and oxygen atoms in total. The molecule has 0 heterocycles. The Balaban J connectivity index is 2.72. The van der Waals surface area contributed by atoms with E-state index in [4.69, 9.17) is 4.12 Å². The molecule has 0 bridgehead atoms. The molecule has 2 unspecified atom stereocenters. The predicted molar refractivity (Wildman–Crippen MR) is 108 cm³/mol. The van der Waals surface area contributed by atoms with Crippen LogP contribution in [0.4, 0.5) is 26.3 Å². The summed E-state index contributed by atoms with van der Waals surface area (Å²) in [6, 6.07) is 8.09. The van der Waals surface area contributed by atoms with Crippen molar-refractivity contribution in [2.75, 3.05) is 0 Å². The van der Waals surface area contributed by atoms with Crippen LogP contribution in [0.15, 0.2) is 36.4 Å². The van der Waals surface area contributed by atoms with Gasteiger partial charge in [0.05, 0.1) is 0 Å². The zero-order valence-electron chi connectivity index (χ0n) is 17.1. The maximum atomic E-state index is 14.2. The van der Waals surface area contributed by atoms with Gasteiger partial charge < -0.3 is 4.12 Å². The topological polar surface area (TPSA) is 9.23 Å². The summed E-state index contributed by atoms with van der Waals surface area (Å²) >= 11 is 0. The van der Waals surface area contributed by atoms with Crippen molar-refractivity contribution in [3.05, 3.63) is 58.7 Å². The fraction of sp³-hybridized carbons (Fsp3) is 0.400. The zero-order valence-corrected chi connectivity index (χ0v) is 19.1. The van der Waals surface area contributed by atoms with Crippen molar-refractivity contribution in [1.29, 1.82) is 0 Å². The normalized spacial score (nSPS) is 17.0. The monoisotopic (exact) mass is 450 g/mol. The van der Waals surface area contributed by atoms with Crippen LogP contribution < -0.4 is 10.4 Å². The molecule has 0 aliphatic carbocycles. The minimum Gasteiger partial charge on any atom is -0.437 e. The highest BCUT2D eigenvalue weighted by atomic mass is 28.4. The molecular formula is C20H24F6OSi2. The molecule has 0 saturated heterocycles. The average Bonchev–Trinajstić information content (AvgIpc) is 2.57. The molecular weight excluding hydrogens is 426 g/mol.